The fourth-order valence-electron chi connectivity index (χ4n) is 8.84. The number of aryl methyl sites for hydroxylation is 1. The number of hydrogen-bond donors (Lipinski definition) is 0. The predicted octanol–water partition coefficient (Wildman–Crippen LogP) is 9.49. The Balaban J connectivity index is 1.24. The molecule has 0 bridgehead atoms. The van der Waals surface area contributed by atoms with E-state index in [1.54, 1.807) is 0 Å². The van der Waals surface area contributed by atoms with Gasteiger partial charge in [-0.1, -0.05) is 127 Å². The van der Waals surface area contributed by atoms with Gasteiger partial charge in [0.05, 0.1) is 16.7 Å². The van der Waals surface area contributed by atoms with E-state index < -0.39 is 8.07 Å². The number of ether oxygens (including phenoxy) is 1. The van der Waals surface area contributed by atoms with Gasteiger partial charge in [0, 0.05) is 41.3 Å². The van der Waals surface area contributed by atoms with Crippen LogP contribution in [0.25, 0.3) is 44.4 Å². The number of benzene rings is 7. The number of pyridine rings is 1. The Morgan fingerprint density at radius 2 is 1.34 bits per heavy atom. The fourth-order valence-corrected chi connectivity index (χ4v) is 14.1. The Labute approximate surface area is 324 Å². The summed E-state index contributed by atoms with van der Waals surface area (Å²) in [4.78, 5) is 12.3. The largest absolute Gasteiger partial charge is 0.453 e. The van der Waals surface area contributed by atoms with Crippen molar-refractivity contribution in [1.82, 2.24) is 14.5 Å². The summed E-state index contributed by atoms with van der Waals surface area (Å²) in [7, 11) is -1.03. The minimum Gasteiger partial charge on any atom is -0.453 e. The molecular weight excluding hydrogens is 705 g/mol. The number of imidazole rings is 1. The highest BCUT2D eigenvalue weighted by atomic mass is 28.3. The first-order chi connectivity index (χ1) is 27.7. The zero-order chi connectivity index (χ0) is 37.2. The topological polar surface area (TPSA) is 56.3 Å². The lowest BCUT2D eigenvalue weighted by atomic mass is 10.1. The molecule has 0 spiro atoms. The monoisotopic (exact) mass is 738 g/mol. The lowest BCUT2D eigenvalue weighted by molar-refractivity contribution is 0.477. The molecule has 0 atom stereocenters. The van der Waals surface area contributed by atoms with Crippen LogP contribution in [-0.4, -0.2) is 22.6 Å². The van der Waals surface area contributed by atoms with Gasteiger partial charge < -0.3 is 13.7 Å². The summed E-state index contributed by atoms with van der Waals surface area (Å²) in [6, 6.07) is 64.0. The Morgan fingerprint density at radius 1 is 0.625 bits per heavy atom. The van der Waals surface area contributed by atoms with E-state index in [2.05, 4.69) is 150 Å². The summed E-state index contributed by atoms with van der Waals surface area (Å²) >= 11 is 0. The fraction of sp³-hybridized carbons (Fsp3) is 0.0204. The van der Waals surface area contributed by atoms with E-state index in [0.29, 0.717) is 17.1 Å². The number of nitrogens with zero attached hydrogens (tertiary/aromatic N) is 4. The van der Waals surface area contributed by atoms with E-state index in [9.17, 15) is 0 Å². The number of anilines is 3. The van der Waals surface area contributed by atoms with Crippen molar-refractivity contribution in [3.8, 4) is 22.9 Å². The van der Waals surface area contributed by atoms with Crippen LogP contribution in [0.15, 0.2) is 193 Å². The highest BCUT2D eigenvalue weighted by Gasteiger charge is 2.51. The zero-order valence-corrected chi connectivity index (χ0v) is 31.5. The number of furan rings is 1. The van der Waals surface area contributed by atoms with E-state index in [1.807, 2.05) is 54.7 Å². The van der Waals surface area contributed by atoms with Gasteiger partial charge in [-0.05, 0) is 69.3 Å². The first-order valence-electron chi connectivity index (χ1n) is 18.8. The van der Waals surface area contributed by atoms with E-state index in [1.165, 1.54) is 20.7 Å². The molecule has 1 aliphatic heterocycles. The Bertz CT molecular complexity index is 3050. The van der Waals surface area contributed by atoms with Crippen LogP contribution in [-0.2, 0) is 7.05 Å². The van der Waals surface area contributed by atoms with Crippen LogP contribution in [0.5, 0.6) is 11.5 Å². The molecule has 0 saturated heterocycles. The highest BCUT2D eigenvalue weighted by Crippen LogP contribution is 2.46. The van der Waals surface area contributed by atoms with Gasteiger partial charge >= 0.3 is 0 Å². The molecule has 266 valence electrons. The molecule has 0 amide bonds. The van der Waals surface area contributed by atoms with Crippen molar-refractivity contribution in [1.29, 1.82) is 0 Å². The van der Waals surface area contributed by atoms with Crippen molar-refractivity contribution < 1.29 is 9.15 Å². The van der Waals surface area contributed by atoms with Crippen LogP contribution in [0.3, 0.4) is 0 Å². The summed E-state index contributed by atoms with van der Waals surface area (Å²) in [5.41, 5.74) is 6.62. The maximum Gasteiger partial charge on any atom is 0.185 e. The predicted molar refractivity (Wildman–Crippen MR) is 230 cm³/mol. The van der Waals surface area contributed by atoms with Crippen molar-refractivity contribution in [2.75, 3.05) is 4.90 Å². The van der Waals surface area contributed by atoms with Gasteiger partial charge in [-0.3, -0.25) is 4.90 Å². The van der Waals surface area contributed by atoms with Gasteiger partial charge in [-0.25, -0.2) is 9.97 Å². The molecule has 7 heteroatoms. The first kappa shape index (κ1) is 32.2. The van der Waals surface area contributed by atoms with Crippen LogP contribution in [0.1, 0.15) is 0 Å². The Morgan fingerprint density at radius 3 is 2.12 bits per heavy atom. The van der Waals surface area contributed by atoms with Gasteiger partial charge in [-0.15, -0.1) is 0 Å². The highest BCUT2D eigenvalue weighted by molar-refractivity contribution is 7.22. The molecule has 1 aliphatic rings. The standard InChI is InChI=1S/C49H34N4O2Si/c1-52-39-25-10-9-24-38(39)51-49(52)33-17-16-18-34(31-33)54-43-32-41-48(46-37-23-8-12-27-42(37)55-47(43)46)56(35-19-4-2-5-20-35,36-21-6-3-7-22-36)44-28-13-11-26-40(44)53(41)45-29-14-15-30-50-45/h2-32H,1H3. The molecule has 11 rings (SSSR count). The molecule has 0 unspecified atom stereocenters. The number of fused-ring (bicyclic) bond motifs is 7. The third kappa shape index (κ3) is 4.74. The van der Waals surface area contributed by atoms with Crippen LogP contribution in [0.4, 0.5) is 17.2 Å². The van der Waals surface area contributed by atoms with Gasteiger partial charge in [0.1, 0.15) is 23.0 Å². The van der Waals surface area contributed by atoms with Gasteiger partial charge in [-0.2, -0.15) is 0 Å². The summed E-state index contributed by atoms with van der Waals surface area (Å²) in [6.45, 7) is 0. The Hall–Kier alpha value is -7.22. The molecule has 0 radical (unpaired) electrons. The summed E-state index contributed by atoms with van der Waals surface area (Å²) < 4.78 is 16.1. The molecule has 0 saturated carbocycles. The lowest BCUT2D eigenvalue weighted by Gasteiger charge is -2.45. The molecule has 56 heavy (non-hydrogen) atoms. The quantitative estimate of drug-likeness (QED) is 0.159. The summed E-state index contributed by atoms with van der Waals surface area (Å²) in [6.07, 6.45) is 1.86. The average Bonchev–Trinajstić information content (AvgIpc) is 3.82. The van der Waals surface area contributed by atoms with Crippen LogP contribution < -0.4 is 30.4 Å². The van der Waals surface area contributed by atoms with Crippen molar-refractivity contribution in [3.05, 3.63) is 188 Å². The summed E-state index contributed by atoms with van der Waals surface area (Å²) in [5.74, 6) is 3.01. The third-order valence-electron chi connectivity index (χ3n) is 11.2. The van der Waals surface area contributed by atoms with Gasteiger partial charge in [0.15, 0.2) is 19.4 Å². The maximum absolute atomic E-state index is 7.05. The second-order valence-corrected chi connectivity index (χ2v) is 17.9. The second-order valence-electron chi connectivity index (χ2n) is 14.2. The Kier molecular flexibility index (Phi) is 7.30. The summed E-state index contributed by atoms with van der Waals surface area (Å²) in [5, 5.41) is 7.19. The van der Waals surface area contributed by atoms with E-state index in [4.69, 9.17) is 19.1 Å². The van der Waals surface area contributed by atoms with Crippen LogP contribution in [0.2, 0.25) is 0 Å². The van der Waals surface area contributed by atoms with E-state index in [-0.39, 0.29) is 0 Å². The molecule has 3 aromatic heterocycles. The van der Waals surface area contributed by atoms with Gasteiger partial charge in [0.25, 0.3) is 0 Å². The van der Waals surface area contributed by atoms with Crippen molar-refractivity contribution in [2.24, 2.45) is 7.05 Å². The third-order valence-corrected chi connectivity index (χ3v) is 16.0. The van der Waals surface area contributed by atoms with Crippen LogP contribution >= 0.6 is 0 Å². The minimum atomic E-state index is -3.08. The lowest BCUT2D eigenvalue weighted by Crippen LogP contribution is -2.77. The average molecular weight is 739 g/mol. The SMILES string of the molecule is Cn1c(-c2cccc(Oc3cc4c(c5c3oc3ccccc35)[Si](c3ccccc3)(c3ccccc3)c3ccccc3N4c3ccccn3)c2)nc2ccccc21. The molecular formula is C49H34N4O2Si. The number of para-hydroxylation sites is 4. The first-order valence-corrected chi connectivity index (χ1v) is 20.8. The van der Waals surface area contributed by atoms with Crippen molar-refractivity contribution >= 4 is 79.0 Å². The van der Waals surface area contributed by atoms with Gasteiger partial charge in [0.2, 0.25) is 0 Å². The number of rotatable bonds is 6. The zero-order valence-electron chi connectivity index (χ0n) is 30.5. The second kappa shape index (κ2) is 12.7. The minimum absolute atomic E-state index is 0.626. The van der Waals surface area contributed by atoms with E-state index in [0.717, 1.165) is 56.0 Å². The molecule has 6 nitrogen and oxygen atoms in total. The van der Waals surface area contributed by atoms with E-state index >= 15 is 0 Å². The van der Waals surface area contributed by atoms with Crippen molar-refractivity contribution in [2.45, 2.75) is 0 Å². The molecule has 10 aromatic rings. The molecule has 0 fully saturated rings. The number of hydrogen-bond acceptors (Lipinski definition) is 5. The van der Waals surface area contributed by atoms with Crippen molar-refractivity contribution in [3.63, 3.8) is 0 Å². The smallest absolute Gasteiger partial charge is 0.185 e. The number of aromatic nitrogens is 3. The normalized spacial score (nSPS) is 13.2. The molecule has 7 aromatic carbocycles. The van der Waals surface area contributed by atoms with Crippen LogP contribution in [0, 0.1) is 0 Å². The molecule has 0 N–H and O–H groups in total. The molecule has 0 aliphatic carbocycles. The maximum atomic E-state index is 7.05. The molecule has 4 heterocycles.